The quantitative estimate of drug-likeness (QED) is 0.621. The van der Waals surface area contributed by atoms with Gasteiger partial charge in [-0.15, -0.1) is 0 Å². The van der Waals surface area contributed by atoms with E-state index >= 15 is 0 Å². The van der Waals surface area contributed by atoms with E-state index < -0.39 is 13.6 Å². The van der Waals surface area contributed by atoms with Crippen LogP contribution in [0.25, 0.3) is 0 Å². The zero-order chi connectivity index (χ0) is 22.6. The van der Waals surface area contributed by atoms with Crippen molar-refractivity contribution in [1.29, 1.82) is 0 Å². The lowest BCUT2D eigenvalue weighted by atomic mass is 9.83. The molecule has 0 bridgehead atoms. The molecule has 1 aliphatic carbocycles. The second kappa shape index (κ2) is 7.48. The standard InChI is InChI=1S/C23H31ClN4O2Si/c1-22(2)18-13-25-19(27-20(29)23(10-7-11-23)31(3,4)5)17(18)14-28(22)21(30)26-16-9-6-8-15(24)12-16/h6,8-9,12H,7,10-11,13-14H2,1-5H3,(H,26,30)(H,25,27,29). The maximum Gasteiger partial charge on any atom is 0.322 e. The maximum atomic E-state index is 13.3. The molecule has 6 nitrogen and oxygen atoms in total. The van der Waals surface area contributed by atoms with Crippen molar-refractivity contribution in [2.75, 3.05) is 18.4 Å². The highest BCUT2D eigenvalue weighted by Gasteiger charge is 2.54. The molecule has 4 rings (SSSR count). The van der Waals surface area contributed by atoms with E-state index in [9.17, 15) is 9.59 Å². The normalized spacial score (nSPS) is 21.4. The molecule has 0 spiro atoms. The molecule has 31 heavy (non-hydrogen) atoms. The average molecular weight is 459 g/mol. The average Bonchev–Trinajstić information content (AvgIpc) is 3.11. The number of rotatable bonds is 3. The van der Waals surface area contributed by atoms with E-state index in [4.69, 9.17) is 11.6 Å². The minimum atomic E-state index is -1.67. The molecule has 2 aliphatic heterocycles. The molecule has 1 fully saturated rings. The molecule has 0 unspecified atom stereocenters. The Morgan fingerprint density at radius 1 is 1.16 bits per heavy atom. The van der Waals surface area contributed by atoms with Crippen molar-refractivity contribution in [3.8, 4) is 0 Å². The number of amides is 3. The van der Waals surface area contributed by atoms with Crippen LogP contribution in [0.1, 0.15) is 33.1 Å². The zero-order valence-corrected chi connectivity index (χ0v) is 20.7. The molecule has 0 aromatic heterocycles. The predicted octanol–water partition coefficient (Wildman–Crippen LogP) is 5.05. The summed E-state index contributed by atoms with van der Waals surface area (Å²) >= 11 is 6.05. The maximum absolute atomic E-state index is 13.3. The Labute approximate surface area is 190 Å². The molecule has 1 saturated carbocycles. The van der Waals surface area contributed by atoms with Gasteiger partial charge < -0.3 is 15.5 Å². The summed E-state index contributed by atoms with van der Waals surface area (Å²) in [6, 6.07) is 6.93. The van der Waals surface area contributed by atoms with Crippen LogP contribution >= 0.6 is 11.6 Å². The van der Waals surface area contributed by atoms with Gasteiger partial charge >= 0.3 is 6.03 Å². The molecule has 1 aromatic rings. The topological polar surface area (TPSA) is 73.8 Å². The second-order valence-electron chi connectivity index (χ2n) is 10.3. The number of hydrogen-bond donors (Lipinski definition) is 2. The molecule has 3 aliphatic rings. The van der Waals surface area contributed by atoms with Crippen molar-refractivity contribution in [1.82, 2.24) is 10.2 Å². The summed E-state index contributed by atoms with van der Waals surface area (Å²) in [6.45, 7) is 11.8. The van der Waals surface area contributed by atoms with Gasteiger partial charge in [-0.1, -0.05) is 43.7 Å². The van der Waals surface area contributed by atoms with Crippen molar-refractivity contribution < 1.29 is 9.59 Å². The van der Waals surface area contributed by atoms with Gasteiger partial charge in [0.1, 0.15) is 5.84 Å². The van der Waals surface area contributed by atoms with Crippen LogP contribution in [0.2, 0.25) is 29.7 Å². The van der Waals surface area contributed by atoms with Crippen LogP contribution in [0.5, 0.6) is 0 Å². The lowest BCUT2D eigenvalue weighted by Crippen LogP contribution is -2.55. The summed E-state index contributed by atoms with van der Waals surface area (Å²) < 4.78 is 0. The van der Waals surface area contributed by atoms with Gasteiger partial charge in [0, 0.05) is 21.3 Å². The van der Waals surface area contributed by atoms with Crippen molar-refractivity contribution in [2.45, 2.75) is 63.3 Å². The first-order valence-electron chi connectivity index (χ1n) is 10.9. The van der Waals surface area contributed by atoms with Gasteiger partial charge in [-0.25, -0.2) is 4.79 Å². The van der Waals surface area contributed by atoms with E-state index in [1.807, 2.05) is 19.9 Å². The lowest BCUT2D eigenvalue weighted by Gasteiger charge is -2.49. The smallest absolute Gasteiger partial charge is 0.311 e. The molecule has 8 heteroatoms. The van der Waals surface area contributed by atoms with E-state index in [-0.39, 0.29) is 17.0 Å². The fourth-order valence-electron chi connectivity index (χ4n) is 5.02. The minimum absolute atomic E-state index is 0.116. The molecule has 1 aromatic carbocycles. The number of carbonyl (C=O) groups is 2. The highest BCUT2D eigenvalue weighted by atomic mass is 35.5. The number of carbonyl (C=O) groups excluding carboxylic acids is 2. The Morgan fingerprint density at radius 3 is 2.45 bits per heavy atom. The van der Waals surface area contributed by atoms with Crippen LogP contribution in [0.4, 0.5) is 10.5 Å². The Kier molecular flexibility index (Phi) is 5.33. The Balaban J connectivity index is 1.50. The van der Waals surface area contributed by atoms with Crippen molar-refractivity contribution in [3.63, 3.8) is 0 Å². The van der Waals surface area contributed by atoms with E-state index in [2.05, 4.69) is 35.3 Å². The van der Waals surface area contributed by atoms with Gasteiger partial charge in [-0.05, 0) is 50.5 Å². The van der Waals surface area contributed by atoms with Gasteiger partial charge in [0.2, 0.25) is 5.91 Å². The number of halogens is 1. The molecule has 0 radical (unpaired) electrons. The minimum Gasteiger partial charge on any atom is -0.311 e. The summed E-state index contributed by atoms with van der Waals surface area (Å²) in [5, 5.41) is 6.47. The Morgan fingerprint density at radius 2 is 1.87 bits per heavy atom. The number of nitrogens with zero attached hydrogens (tertiary/aromatic N) is 2. The number of hydrogen-bond acceptors (Lipinski definition) is 3. The fourth-order valence-corrected chi connectivity index (χ4v) is 7.80. The zero-order valence-electron chi connectivity index (χ0n) is 18.9. The van der Waals surface area contributed by atoms with Gasteiger partial charge in [0.25, 0.3) is 0 Å². The third kappa shape index (κ3) is 3.61. The summed E-state index contributed by atoms with van der Waals surface area (Å²) in [6.07, 6.45) is 3.05. The third-order valence-corrected chi connectivity index (χ3v) is 11.2. The summed E-state index contributed by atoms with van der Waals surface area (Å²) in [4.78, 5) is 32.8. The first kappa shape index (κ1) is 22.1. The van der Waals surface area contributed by atoms with Gasteiger partial charge in [0.05, 0.1) is 26.7 Å². The van der Waals surface area contributed by atoms with Crippen LogP contribution in [0.3, 0.4) is 0 Å². The summed E-state index contributed by atoms with van der Waals surface area (Å²) in [5.74, 6) is 0.765. The highest BCUT2D eigenvalue weighted by molar-refractivity contribution is 6.82. The number of urea groups is 1. The third-order valence-electron chi connectivity index (χ3n) is 7.41. The van der Waals surface area contributed by atoms with E-state index in [1.165, 1.54) is 0 Å². The van der Waals surface area contributed by atoms with Gasteiger partial charge in [0.15, 0.2) is 0 Å². The number of benzene rings is 1. The molecular formula is C23H31ClN4O2Si. The molecule has 2 N–H and O–H groups in total. The Bertz CT molecular complexity index is 1010. The fraction of sp³-hybridized carbons (Fsp3) is 0.522. The van der Waals surface area contributed by atoms with Crippen molar-refractivity contribution in [3.05, 3.63) is 40.4 Å². The van der Waals surface area contributed by atoms with E-state index in [0.717, 1.165) is 30.4 Å². The van der Waals surface area contributed by atoms with Crippen molar-refractivity contribution in [2.24, 2.45) is 4.99 Å². The molecular weight excluding hydrogens is 428 g/mol. The Hall–Kier alpha value is -2.12. The number of aliphatic imine (C=N–C) groups is 1. The second-order valence-corrected chi connectivity index (χ2v) is 16.2. The van der Waals surface area contributed by atoms with Gasteiger partial charge in [-0.3, -0.25) is 9.79 Å². The summed E-state index contributed by atoms with van der Waals surface area (Å²) in [5.41, 5.74) is 2.25. The molecule has 2 heterocycles. The van der Waals surface area contributed by atoms with Crippen LogP contribution < -0.4 is 10.6 Å². The van der Waals surface area contributed by atoms with Crippen LogP contribution in [0.15, 0.2) is 40.4 Å². The molecule has 3 amide bonds. The first-order valence-corrected chi connectivity index (χ1v) is 14.8. The number of nitrogens with one attached hydrogen (secondary N) is 2. The van der Waals surface area contributed by atoms with Crippen LogP contribution in [0, 0.1) is 0 Å². The summed E-state index contributed by atoms with van der Waals surface area (Å²) in [7, 11) is -1.67. The van der Waals surface area contributed by atoms with E-state index in [0.29, 0.717) is 29.6 Å². The molecule has 166 valence electrons. The molecule has 0 saturated heterocycles. The van der Waals surface area contributed by atoms with Crippen LogP contribution in [-0.2, 0) is 4.79 Å². The number of anilines is 1. The van der Waals surface area contributed by atoms with E-state index in [1.54, 1.807) is 23.1 Å². The first-order chi connectivity index (χ1) is 14.5. The monoisotopic (exact) mass is 458 g/mol. The highest BCUT2D eigenvalue weighted by Crippen LogP contribution is 2.55. The molecule has 0 atom stereocenters. The largest absolute Gasteiger partial charge is 0.322 e. The van der Waals surface area contributed by atoms with Crippen LogP contribution in [-0.4, -0.2) is 49.4 Å². The van der Waals surface area contributed by atoms with Gasteiger partial charge in [-0.2, -0.15) is 0 Å². The SMILES string of the molecule is CC1(C)C2=C(CN1C(=O)Nc1cccc(Cl)c1)C(NC(=O)C1([Si](C)(C)C)CCC1)=NC2. The van der Waals surface area contributed by atoms with Crippen molar-refractivity contribution >= 4 is 43.1 Å². The number of amidine groups is 1. The lowest BCUT2D eigenvalue weighted by molar-refractivity contribution is -0.125. The predicted molar refractivity (Wildman–Crippen MR) is 129 cm³/mol.